The van der Waals surface area contributed by atoms with Crippen molar-refractivity contribution in [1.82, 2.24) is 4.57 Å². The summed E-state index contributed by atoms with van der Waals surface area (Å²) < 4.78 is 6.79. The Hall–Kier alpha value is -1.25. The topological polar surface area (TPSA) is 31.2 Å². The van der Waals surface area contributed by atoms with Crippen LogP contribution in [0.5, 0.6) is 5.88 Å². The second-order valence-corrected chi connectivity index (χ2v) is 2.43. The molecule has 11 heavy (non-hydrogen) atoms. The first-order valence-electron chi connectivity index (χ1n) is 3.37. The number of hydrogen-bond acceptors (Lipinski definition) is 2. The van der Waals surface area contributed by atoms with Crippen molar-refractivity contribution in [3.63, 3.8) is 0 Å². The van der Waals surface area contributed by atoms with Crippen molar-refractivity contribution in [3.05, 3.63) is 28.0 Å². The summed E-state index contributed by atoms with van der Waals surface area (Å²) in [6.07, 6.45) is 0. The van der Waals surface area contributed by atoms with Crippen molar-refractivity contribution in [1.29, 1.82) is 0 Å². The number of ether oxygens (including phenoxy) is 1. The van der Waals surface area contributed by atoms with Crippen molar-refractivity contribution in [2.24, 2.45) is 7.05 Å². The number of aryl methyl sites for hydroxylation is 1. The largest absolute Gasteiger partial charge is 0.482 e. The maximum atomic E-state index is 10.9. The monoisotopic (exact) mass is 153 g/mol. The average molecular weight is 153 g/mol. The smallest absolute Gasteiger partial charge is 0.196 e. The molecule has 1 rings (SSSR count). The first kappa shape index (κ1) is 7.85. The minimum absolute atomic E-state index is 0.0162. The van der Waals surface area contributed by atoms with Gasteiger partial charge in [-0.2, -0.15) is 0 Å². The van der Waals surface area contributed by atoms with Crippen LogP contribution in [0.4, 0.5) is 0 Å². The lowest BCUT2D eigenvalue weighted by molar-refractivity contribution is 0.376. The first-order valence-corrected chi connectivity index (χ1v) is 3.37. The highest BCUT2D eigenvalue weighted by molar-refractivity contribution is 5.17. The molecule has 1 aromatic heterocycles. The summed E-state index contributed by atoms with van der Waals surface area (Å²) in [5.74, 6) is 0.593. The van der Waals surface area contributed by atoms with Crippen molar-refractivity contribution in [2.45, 2.75) is 6.92 Å². The third kappa shape index (κ3) is 1.42. The third-order valence-corrected chi connectivity index (χ3v) is 1.69. The zero-order chi connectivity index (χ0) is 8.43. The van der Waals surface area contributed by atoms with E-state index in [1.165, 1.54) is 6.07 Å². The van der Waals surface area contributed by atoms with Crippen LogP contribution in [-0.4, -0.2) is 11.7 Å². The molecule has 0 radical (unpaired) electrons. The molecular formula is C8H11NO2. The van der Waals surface area contributed by atoms with E-state index >= 15 is 0 Å². The van der Waals surface area contributed by atoms with Gasteiger partial charge < -0.3 is 9.30 Å². The summed E-state index contributed by atoms with van der Waals surface area (Å²) in [5, 5.41) is 0. The van der Waals surface area contributed by atoms with Crippen LogP contribution in [0.2, 0.25) is 0 Å². The summed E-state index contributed by atoms with van der Waals surface area (Å²) in [6, 6.07) is 3.04. The van der Waals surface area contributed by atoms with Gasteiger partial charge in [0.05, 0.1) is 7.11 Å². The SMILES string of the molecule is COc1cc(=O)cc(C)n1C. The molecule has 1 heterocycles. The normalized spacial score (nSPS) is 9.73. The molecular weight excluding hydrogens is 142 g/mol. The van der Waals surface area contributed by atoms with E-state index in [0.717, 1.165) is 5.69 Å². The first-order chi connectivity index (χ1) is 5.15. The number of nitrogens with zero attached hydrogens (tertiary/aromatic N) is 1. The van der Waals surface area contributed by atoms with Crippen molar-refractivity contribution in [3.8, 4) is 5.88 Å². The fraction of sp³-hybridized carbons (Fsp3) is 0.375. The molecule has 0 aliphatic heterocycles. The molecule has 0 saturated carbocycles. The van der Waals surface area contributed by atoms with Gasteiger partial charge in [-0.15, -0.1) is 0 Å². The lowest BCUT2D eigenvalue weighted by Gasteiger charge is -2.08. The van der Waals surface area contributed by atoms with Gasteiger partial charge in [0.15, 0.2) is 11.3 Å². The summed E-state index contributed by atoms with van der Waals surface area (Å²) in [6.45, 7) is 1.86. The Morgan fingerprint density at radius 3 is 2.64 bits per heavy atom. The van der Waals surface area contributed by atoms with Crippen LogP contribution >= 0.6 is 0 Å². The number of hydrogen-bond donors (Lipinski definition) is 0. The van der Waals surface area contributed by atoms with E-state index < -0.39 is 0 Å². The molecule has 0 N–H and O–H groups in total. The van der Waals surface area contributed by atoms with Gasteiger partial charge in [-0.3, -0.25) is 4.79 Å². The molecule has 0 spiro atoms. The van der Waals surface area contributed by atoms with E-state index in [9.17, 15) is 4.79 Å². The summed E-state index contributed by atoms with van der Waals surface area (Å²) in [7, 11) is 3.40. The summed E-state index contributed by atoms with van der Waals surface area (Å²) >= 11 is 0. The minimum atomic E-state index is -0.0162. The molecule has 1 aromatic rings. The highest BCUT2D eigenvalue weighted by Crippen LogP contribution is 2.06. The Bertz CT molecular complexity index is 314. The van der Waals surface area contributed by atoms with Gasteiger partial charge in [0, 0.05) is 24.9 Å². The third-order valence-electron chi connectivity index (χ3n) is 1.69. The number of aromatic nitrogens is 1. The predicted molar refractivity (Wildman–Crippen MR) is 43.0 cm³/mol. The zero-order valence-electron chi connectivity index (χ0n) is 6.92. The van der Waals surface area contributed by atoms with Gasteiger partial charge in [0.2, 0.25) is 0 Å². The van der Waals surface area contributed by atoms with Crippen LogP contribution in [0.3, 0.4) is 0 Å². The van der Waals surface area contributed by atoms with Crippen LogP contribution in [0.25, 0.3) is 0 Å². The standard InChI is InChI=1S/C8H11NO2/c1-6-4-7(10)5-8(11-3)9(6)2/h4-5H,1-3H3. The van der Waals surface area contributed by atoms with Crippen LogP contribution in [0.1, 0.15) is 5.69 Å². The predicted octanol–water partition coefficient (Wildman–Crippen LogP) is 0.702. The molecule has 60 valence electrons. The minimum Gasteiger partial charge on any atom is -0.482 e. The van der Waals surface area contributed by atoms with Crippen LogP contribution in [0.15, 0.2) is 16.9 Å². The molecule has 0 bridgehead atoms. The van der Waals surface area contributed by atoms with Crippen LogP contribution < -0.4 is 10.2 Å². The molecule has 0 fully saturated rings. The molecule has 0 saturated heterocycles. The quantitative estimate of drug-likeness (QED) is 0.594. The van der Waals surface area contributed by atoms with E-state index in [0.29, 0.717) is 5.88 Å². The van der Waals surface area contributed by atoms with E-state index in [2.05, 4.69) is 0 Å². The Morgan fingerprint density at radius 1 is 1.45 bits per heavy atom. The molecule has 0 unspecified atom stereocenters. The van der Waals surface area contributed by atoms with E-state index in [1.807, 2.05) is 18.5 Å². The Kier molecular flexibility index (Phi) is 1.98. The van der Waals surface area contributed by atoms with Crippen LogP contribution in [0, 0.1) is 6.92 Å². The molecule has 0 atom stereocenters. The Morgan fingerprint density at radius 2 is 2.09 bits per heavy atom. The van der Waals surface area contributed by atoms with E-state index in [-0.39, 0.29) is 5.43 Å². The summed E-state index contributed by atoms with van der Waals surface area (Å²) in [5.41, 5.74) is 0.881. The van der Waals surface area contributed by atoms with E-state index in [4.69, 9.17) is 4.74 Å². The lowest BCUT2D eigenvalue weighted by atomic mass is 10.3. The van der Waals surface area contributed by atoms with Gasteiger partial charge in [-0.1, -0.05) is 0 Å². The maximum Gasteiger partial charge on any atom is 0.196 e. The van der Waals surface area contributed by atoms with Crippen molar-refractivity contribution in [2.75, 3.05) is 7.11 Å². The van der Waals surface area contributed by atoms with E-state index in [1.54, 1.807) is 13.2 Å². The Labute approximate surface area is 65.2 Å². The van der Waals surface area contributed by atoms with Gasteiger partial charge in [0.25, 0.3) is 0 Å². The molecule has 0 aromatic carbocycles. The van der Waals surface area contributed by atoms with Gasteiger partial charge >= 0.3 is 0 Å². The van der Waals surface area contributed by atoms with Gasteiger partial charge in [-0.25, -0.2) is 0 Å². The summed E-state index contributed by atoms with van der Waals surface area (Å²) in [4.78, 5) is 10.9. The fourth-order valence-corrected chi connectivity index (χ4v) is 0.933. The lowest BCUT2D eigenvalue weighted by Crippen LogP contribution is -2.09. The highest BCUT2D eigenvalue weighted by atomic mass is 16.5. The van der Waals surface area contributed by atoms with Gasteiger partial charge in [0.1, 0.15) is 0 Å². The average Bonchev–Trinajstić information content (AvgIpc) is 1.96. The molecule has 3 heteroatoms. The second kappa shape index (κ2) is 2.78. The zero-order valence-corrected chi connectivity index (χ0v) is 6.92. The molecule has 0 aliphatic rings. The highest BCUT2D eigenvalue weighted by Gasteiger charge is 1.98. The maximum absolute atomic E-state index is 10.9. The molecule has 0 aliphatic carbocycles. The van der Waals surface area contributed by atoms with Crippen molar-refractivity contribution >= 4 is 0 Å². The van der Waals surface area contributed by atoms with Crippen LogP contribution in [-0.2, 0) is 7.05 Å². The molecule has 3 nitrogen and oxygen atoms in total. The Balaban J connectivity index is 3.36. The van der Waals surface area contributed by atoms with Gasteiger partial charge in [-0.05, 0) is 6.92 Å². The second-order valence-electron chi connectivity index (χ2n) is 2.43. The number of pyridine rings is 1. The number of rotatable bonds is 1. The number of methoxy groups -OCH3 is 1. The molecule has 0 amide bonds. The van der Waals surface area contributed by atoms with Crippen molar-refractivity contribution < 1.29 is 4.74 Å². The fourth-order valence-electron chi connectivity index (χ4n) is 0.933.